The molecule has 138 valence electrons. The molecule has 4 heteroatoms. The van der Waals surface area contributed by atoms with Crippen molar-refractivity contribution < 1.29 is 4.79 Å². The van der Waals surface area contributed by atoms with Crippen LogP contribution in [0.4, 0.5) is 0 Å². The minimum atomic E-state index is 0.0605. The highest BCUT2D eigenvalue weighted by Gasteiger charge is 2.16. The summed E-state index contributed by atoms with van der Waals surface area (Å²) in [6, 6.07) is 8.17. The van der Waals surface area contributed by atoms with Gasteiger partial charge in [0.1, 0.15) is 0 Å². The van der Waals surface area contributed by atoms with E-state index in [-0.39, 0.29) is 5.91 Å². The molecule has 3 nitrogen and oxygen atoms in total. The zero-order valence-corrected chi connectivity index (χ0v) is 16.3. The van der Waals surface area contributed by atoms with Crippen LogP contribution in [0.1, 0.15) is 61.4 Å². The number of piperidine rings is 1. The van der Waals surface area contributed by atoms with E-state index in [4.69, 9.17) is 0 Å². The number of hydrogen-bond donors (Lipinski definition) is 1. The molecule has 0 aromatic heterocycles. The maximum Gasteiger partial charge on any atom is 0.251 e. The van der Waals surface area contributed by atoms with Crippen molar-refractivity contribution in [3.8, 4) is 0 Å². The summed E-state index contributed by atoms with van der Waals surface area (Å²) < 4.78 is 0. The van der Waals surface area contributed by atoms with Gasteiger partial charge in [0.25, 0.3) is 5.91 Å². The zero-order valence-electron chi connectivity index (χ0n) is 15.5. The fourth-order valence-electron chi connectivity index (χ4n) is 3.79. The van der Waals surface area contributed by atoms with Gasteiger partial charge in [0.2, 0.25) is 0 Å². The quantitative estimate of drug-likeness (QED) is 0.735. The van der Waals surface area contributed by atoms with E-state index in [0.717, 1.165) is 35.6 Å². The minimum absolute atomic E-state index is 0.0605. The molecule has 2 aliphatic rings. The first-order valence-electron chi connectivity index (χ1n) is 9.92. The summed E-state index contributed by atoms with van der Waals surface area (Å²) >= 11 is 2.02. The number of nitrogens with one attached hydrogen (secondary N) is 1. The van der Waals surface area contributed by atoms with Crippen LogP contribution in [0.25, 0.3) is 0 Å². The Balaban J connectivity index is 1.37. The second-order valence-electron chi connectivity index (χ2n) is 7.69. The number of thioether (sulfide) groups is 1. The average molecular weight is 361 g/mol. The predicted molar refractivity (Wildman–Crippen MR) is 107 cm³/mol. The molecule has 1 saturated carbocycles. The molecule has 1 saturated heterocycles. The second kappa shape index (κ2) is 9.63. The Morgan fingerprint density at radius 3 is 2.48 bits per heavy atom. The number of likely N-dealkylation sites (tertiary alicyclic amines) is 1. The Bertz CT molecular complexity index is 531. The highest BCUT2D eigenvalue weighted by molar-refractivity contribution is 7.99. The number of hydrogen-bond acceptors (Lipinski definition) is 3. The molecule has 25 heavy (non-hydrogen) atoms. The van der Waals surface area contributed by atoms with E-state index >= 15 is 0 Å². The van der Waals surface area contributed by atoms with Crippen LogP contribution in [0.3, 0.4) is 0 Å². The monoisotopic (exact) mass is 360 g/mol. The highest BCUT2D eigenvalue weighted by atomic mass is 32.2. The molecular weight excluding hydrogens is 328 g/mol. The third kappa shape index (κ3) is 6.03. The highest BCUT2D eigenvalue weighted by Crippen LogP contribution is 2.28. The Kier molecular flexibility index (Phi) is 7.23. The van der Waals surface area contributed by atoms with Crippen LogP contribution in [-0.4, -0.2) is 41.4 Å². The number of carbonyl (C=O) groups is 1. The standard InChI is InChI=1S/C21H32N2OS/c1-17-10-13-23(14-11-17)16-18-6-8-19(9-7-18)21(24)22-12-15-25-20-4-2-3-5-20/h6-9,17,20H,2-5,10-16H2,1H3,(H,22,24). The summed E-state index contributed by atoms with van der Waals surface area (Å²) in [5, 5.41) is 3.89. The molecule has 0 unspecified atom stereocenters. The lowest BCUT2D eigenvalue weighted by Crippen LogP contribution is -2.32. The second-order valence-corrected chi connectivity index (χ2v) is 9.10. The van der Waals surface area contributed by atoms with Crippen LogP contribution in [0.15, 0.2) is 24.3 Å². The molecule has 1 aliphatic carbocycles. The minimum Gasteiger partial charge on any atom is -0.351 e. The molecule has 0 radical (unpaired) electrons. The Morgan fingerprint density at radius 1 is 1.12 bits per heavy atom. The van der Waals surface area contributed by atoms with Gasteiger partial charge in [-0.15, -0.1) is 0 Å². The first-order chi connectivity index (χ1) is 12.2. The van der Waals surface area contributed by atoms with E-state index < -0.39 is 0 Å². The van der Waals surface area contributed by atoms with Crippen LogP contribution >= 0.6 is 11.8 Å². The smallest absolute Gasteiger partial charge is 0.251 e. The van der Waals surface area contributed by atoms with E-state index in [9.17, 15) is 4.79 Å². The molecule has 0 bridgehead atoms. The fraction of sp³-hybridized carbons (Fsp3) is 0.667. The molecule has 1 N–H and O–H groups in total. The summed E-state index contributed by atoms with van der Waals surface area (Å²) in [5.74, 6) is 1.96. The van der Waals surface area contributed by atoms with Gasteiger partial charge < -0.3 is 5.32 Å². The molecule has 0 spiro atoms. The van der Waals surface area contributed by atoms with Crippen molar-refractivity contribution in [2.45, 2.75) is 57.2 Å². The Labute approximate surface area is 156 Å². The molecule has 2 fully saturated rings. The van der Waals surface area contributed by atoms with Crippen molar-refractivity contribution in [2.24, 2.45) is 5.92 Å². The number of amides is 1. The van der Waals surface area contributed by atoms with Gasteiger partial charge in [0.05, 0.1) is 0 Å². The maximum absolute atomic E-state index is 12.2. The van der Waals surface area contributed by atoms with E-state index in [1.807, 2.05) is 23.9 Å². The largest absolute Gasteiger partial charge is 0.351 e. The van der Waals surface area contributed by atoms with E-state index in [0.29, 0.717) is 0 Å². The van der Waals surface area contributed by atoms with Crippen molar-refractivity contribution in [3.63, 3.8) is 0 Å². The normalized spacial score (nSPS) is 20.0. The van der Waals surface area contributed by atoms with Crippen LogP contribution in [0.5, 0.6) is 0 Å². The molecule has 0 atom stereocenters. The summed E-state index contributed by atoms with van der Waals surface area (Å²) in [7, 11) is 0. The molecule has 1 heterocycles. The lowest BCUT2D eigenvalue weighted by Gasteiger charge is -2.30. The van der Waals surface area contributed by atoms with Crippen LogP contribution in [0, 0.1) is 5.92 Å². The van der Waals surface area contributed by atoms with Gasteiger partial charge in [-0.05, 0) is 62.4 Å². The third-order valence-electron chi connectivity index (χ3n) is 5.54. The zero-order chi connectivity index (χ0) is 17.5. The molecule has 1 aliphatic heterocycles. The number of nitrogens with zero attached hydrogens (tertiary/aromatic N) is 1. The Hall–Kier alpha value is -1.00. The predicted octanol–water partition coefficient (Wildman–Crippen LogP) is 4.32. The van der Waals surface area contributed by atoms with Gasteiger partial charge in [-0.3, -0.25) is 9.69 Å². The summed E-state index contributed by atoms with van der Waals surface area (Å²) in [6.45, 7) is 6.52. The van der Waals surface area contributed by atoms with E-state index in [2.05, 4.69) is 29.3 Å². The SMILES string of the molecule is CC1CCN(Cc2ccc(C(=O)NCCSC3CCCC3)cc2)CC1. The van der Waals surface area contributed by atoms with Gasteiger partial charge in [0, 0.05) is 29.7 Å². The number of benzene rings is 1. The van der Waals surface area contributed by atoms with Gasteiger partial charge >= 0.3 is 0 Å². The molecular formula is C21H32N2OS. The number of carbonyl (C=O) groups excluding carboxylic acids is 1. The molecule has 1 aromatic carbocycles. The first-order valence-corrected chi connectivity index (χ1v) is 11.0. The van der Waals surface area contributed by atoms with Crippen LogP contribution < -0.4 is 5.32 Å². The lowest BCUT2D eigenvalue weighted by atomic mass is 9.99. The van der Waals surface area contributed by atoms with Crippen LogP contribution in [0.2, 0.25) is 0 Å². The van der Waals surface area contributed by atoms with Gasteiger partial charge in [-0.1, -0.05) is 31.9 Å². The summed E-state index contributed by atoms with van der Waals surface area (Å²) in [4.78, 5) is 14.8. The third-order valence-corrected chi connectivity index (χ3v) is 6.92. The lowest BCUT2D eigenvalue weighted by molar-refractivity contribution is 0.0956. The first kappa shape index (κ1) is 18.8. The number of rotatable bonds is 7. The van der Waals surface area contributed by atoms with Gasteiger partial charge in [0.15, 0.2) is 0 Å². The van der Waals surface area contributed by atoms with Crippen molar-refractivity contribution in [1.82, 2.24) is 10.2 Å². The topological polar surface area (TPSA) is 32.3 Å². The van der Waals surface area contributed by atoms with Gasteiger partial charge in [-0.2, -0.15) is 11.8 Å². The molecule has 1 aromatic rings. The van der Waals surface area contributed by atoms with Crippen molar-refractivity contribution in [3.05, 3.63) is 35.4 Å². The van der Waals surface area contributed by atoms with Gasteiger partial charge in [-0.25, -0.2) is 0 Å². The van der Waals surface area contributed by atoms with E-state index in [1.54, 1.807) is 0 Å². The van der Waals surface area contributed by atoms with Crippen molar-refractivity contribution in [1.29, 1.82) is 0 Å². The Morgan fingerprint density at radius 2 is 1.80 bits per heavy atom. The fourth-order valence-corrected chi connectivity index (χ4v) is 5.01. The summed E-state index contributed by atoms with van der Waals surface area (Å²) in [5.41, 5.74) is 2.09. The molecule has 3 rings (SSSR count). The van der Waals surface area contributed by atoms with Crippen molar-refractivity contribution >= 4 is 17.7 Å². The maximum atomic E-state index is 12.2. The average Bonchev–Trinajstić information content (AvgIpc) is 3.15. The summed E-state index contributed by atoms with van der Waals surface area (Å²) in [6.07, 6.45) is 8.09. The van der Waals surface area contributed by atoms with Crippen molar-refractivity contribution in [2.75, 3.05) is 25.4 Å². The van der Waals surface area contributed by atoms with E-state index in [1.165, 1.54) is 57.2 Å². The molecule has 1 amide bonds. The van der Waals surface area contributed by atoms with Crippen LogP contribution in [-0.2, 0) is 6.54 Å².